The molecule has 3 aromatic heterocycles. The van der Waals surface area contributed by atoms with E-state index < -0.39 is 15.4 Å². The Labute approximate surface area is 223 Å². The molecular weight excluding hydrogens is 526 g/mol. The highest BCUT2D eigenvalue weighted by Gasteiger charge is 2.23. The van der Waals surface area contributed by atoms with Crippen molar-refractivity contribution in [1.82, 2.24) is 19.7 Å². The third-order valence-corrected chi connectivity index (χ3v) is 7.95. The lowest BCUT2D eigenvalue weighted by Gasteiger charge is -2.20. The number of benzene rings is 2. The number of hydrogen-bond acceptors (Lipinski definition) is 8. The molecule has 0 N–H and O–H groups in total. The second-order valence-corrected chi connectivity index (χ2v) is 11.6. The first kappa shape index (κ1) is 24.3. The minimum absolute atomic E-state index is 0.00437. The Morgan fingerprint density at radius 3 is 2.55 bits per heavy atom. The highest BCUT2D eigenvalue weighted by Crippen LogP contribution is 2.33. The first-order valence-electron chi connectivity index (χ1n) is 12.0. The number of nitrogens with zero attached hydrogens (tertiary/aromatic N) is 5. The van der Waals surface area contributed by atoms with Crippen LogP contribution in [0.25, 0.3) is 39.2 Å². The molecule has 6 rings (SSSR count). The molecule has 1 aliphatic heterocycles. The molecule has 1 aliphatic rings. The lowest BCUT2D eigenvalue weighted by atomic mass is 10.0. The summed E-state index contributed by atoms with van der Waals surface area (Å²) in [7, 11) is -3.69. The Hall–Kier alpha value is -4.02. The maximum absolute atomic E-state index is 13.7. The summed E-state index contributed by atoms with van der Waals surface area (Å²) in [4.78, 5) is 24.2. The minimum Gasteiger partial charge on any atom is -0.444 e. The van der Waals surface area contributed by atoms with E-state index >= 15 is 0 Å². The molecule has 1 saturated heterocycles. The van der Waals surface area contributed by atoms with Gasteiger partial charge in [-0.1, -0.05) is 11.6 Å². The topological polar surface area (TPSA) is 111 Å². The van der Waals surface area contributed by atoms with E-state index in [4.69, 9.17) is 21.1 Å². The summed E-state index contributed by atoms with van der Waals surface area (Å²) < 4.78 is 32.2. The van der Waals surface area contributed by atoms with E-state index in [2.05, 4.69) is 14.9 Å². The van der Waals surface area contributed by atoms with Gasteiger partial charge in [-0.2, -0.15) is 9.78 Å². The standard InChI is InChI=1S/C27H22ClN5O4S/c1-38(35,36)24-7-6-20(32-9-2-3-10-32)14-22(24)33-27(34)26-21(5-4-8-30-26)25(31-33)18-11-17(12-19(28)13-18)23-15-29-16-37-23/h4-8,11-16H,2-3,9-10H2,1H3. The second-order valence-electron chi connectivity index (χ2n) is 9.18. The van der Waals surface area contributed by atoms with Gasteiger partial charge in [-0.15, -0.1) is 0 Å². The summed E-state index contributed by atoms with van der Waals surface area (Å²) in [5, 5.41) is 5.66. The van der Waals surface area contributed by atoms with Crippen LogP contribution in [-0.2, 0) is 9.84 Å². The van der Waals surface area contributed by atoms with Crippen molar-refractivity contribution >= 4 is 38.0 Å². The van der Waals surface area contributed by atoms with Crippen molar-refractivity contribution in [3.8, 4) is 28.3 Å². The van der Waals surface area contributed by atoms with Crippen molar-refractivity contribution in [2.45, 2.75) is 17.7 Å². The van der Waals surface area contributed by atoms with E-state index in [0.717, 1.165) is 42.6 Å². The van der Waals surface area contributed by atoms with Gasteiger partial charge in [0, 0.05) is 52.8 Å². The molecule has 0 radical (unpaired) electrons. The van der Waals surface area contributed by atoms with Crippen LogP contribution in [0.2, 0.25) is 5.02 Å². The number of aromatic nitrogens is 4. The summed E-state index contributed by atoms with van der Waals surface area (Å²) in [6, 6.07) is 13.8. The number of sulfone groups is 1. The molecule has 192 valence electrons. The van der Waals surface area contributed by atoms with Gasteiger partial charge in [-0.05, 0) is 61.4 Å². The SMILES string of the molecule is CS(=O)(=O)c1ccc(N2CCCC2)cc1-n1nc(-c2cc(Cl)cc(-c3cnco3)c2)c2cccnc2c1=O. The zero-order chi connectivity index (χ0) is 26.4. The average molecular weight is 548 g/mol. The molecule has 38 heavy (non-hydrogen) atoms. The van der Waals surface area contributed by atoms with Crippen molar-refractivity contribution in [2.75, 3.05) is 24.2 Å². The molecule has 0 aliphatic carbocycles. The molecule has 0 atom stereocenters. The van der Waals surface area contributed by atoms with E-state index in [9.17, 15) is 13.2 Å². The Morgan fingerprint density at radius 1 is 1.03 bits per heavy atom. The fraction of sp³-hybridized carbons (Fsp3) is 0.185. The first-order valence-corrected chi connectivity index (χ1v) is 14.2. The molecule has 1 fully saturated rings. The summed E-state index contributed by atoms with van der Waals surface area (Å²) in [6.07, 6.45) is 7.64. The minimum atomic E-state index is -3.69. The number of halogens is 1. The van der Waals surface area contributed by atoms with Crippen LogP contribution in [0.1, 0.15) is 12.8 Å². The van der Waals surface area contributed by atoms with Gasteiger partial charge in [0.05, 0.1) is 16.8 Å². The van der Waals surface area contributed by atoms with Crippen LogP contribution in [-0.4, -0.2) is 47.5 Å². The third kappa shape index (κ3) is 4.35. The smallest absolute Gasteiger partial charge is 0.298 e. The van der Waals surface area contributed by atoms with Crippen LogP contribution < -0.4 is 10.5 Å². The highest BCUT2D eigenvalue weighted by molar-refractivity contribution is 7.90. The Balaban J connectivity index is 1.65. The van der Waals surface area contributed by atoms with Gasteiger partial charge in [0.1, 0.15) is 11.2 Å². The Bertz CT molecular complexity index is 1850. The predicted molar refractivity (Wildman–Crippen MR) is 146 cm³/mol. The number of oxazole rings is 1. The van der Waals surface area contributed by atoms with Gasteiger partial charge in [0.15, 0.2) is 22.0 Å². The molecule has 11 heteroatoms. The van der Waals surface area contributed by atoms with E-state index in [1.54, 1.807) is 42.6 Å². The second kappa shape index (κ2) is 9.38. The van der Waals surface area contributed by atoms with E-state index in [0.29, 0.717) is 33.0 Å². The van der Waals surface area contributed by atoms with Crippen LogP contribution in [0.15, 0.2) is 81.4 Å². The first-order chi connectivity index (χ1) is 18.3. The molecule has 4 heterocycles. The fourth-order valence-electron chi connectivity index (χ4n) is 4.83. The third-order valence-electron chi connectivity index (χ3n) is 6.59. The number of rotatable bonds is 5. The molecular formula is C27H22ClN5O4S. The maximum atomic E-state index is 13.7. The molecule has 0 amide bonds. The lowest BCUT2D eigenvalue weighted by molar-refractivity contribution is 0.572. The molecule has 0 bridgehead atoms. The van der Waals surface area contributed by atoms with Gasteiger partial charge in [-0.3, -0.25) is 9.78 Å². The van der Waals surface area contributed by atoms with Crippen molar-refractivity contribution < 1.29 is 12.8 Å². The maximum Gasteiger partial charge on any atom is 0.298 e. The van der Waals surface area contributed by atoms with Gasteiger partial charge >= 0.3 is 0 Å². The fourth-order valence-corrected chi connectivity index (χ4v) is 5.90. The number of anilines is 1. The highest BCUT2D eigenvalue weighted by atomic mass is 35.5. The van der Waals surface area contributed by atoms with Crippen LogP contribution in [0.3, 0.4) is 0 Å². The Kier molecular flexibility index (Phi) is 6.00. The zero-order valence-corrected chi connectivity index (χ0v) is 21.9. The van der Waals surface area contributed by atoms with Crippen LogP contribution in [0, 0.1) is 0 Å². The molecule has 9 nitrogen and oxygen atoms in total. The molecule has 0 saturated carbocycles. The number of hydrogen-bond donors (Lipinski definition) is 0. The van der Waals surface area contributed by atoms with E-state index in [1.807, 2.05) is 6.07 Å². The van der Waals surface area contributed by atoms with Gasteiger partial charge in [0.2, 0.25) is 0 Å². The molecule has 2 aromatic carbocycles. The van der Waals surface area contributed by atoms with Crippen LogP contribution >= 0.6 is 11.6 Å². The average Bonchev–Trinajstić information content (AvgIpc) is 3.63. The lowest BCUT2D eigenvalue weighted by Crippen LogP contribution is -2.25. The van der Waals surface area contributed by atoms with Crippen molar-refractivity contribution in [3.05, 3.63) is 82.7 Å². The summed E-state index contributed by atoms with van der Waals surface area (Å²) in [6.45, 7) is 1.72. The van der Waals surface area contributed by atoms with Gasteiger partial charge in [-0.25, -0.2) is 13.4 Å². The number of pyridine rings is 1. The van der Waals surface area contributed by atoms with Crippen molar-refractivity contribution in [1.29, 1.82) is 0 Å². The Morgan fingerprint density at radius 2 is 1.82 bits per heavy atom. The van der Waals surface area contributed by atoms with Gasteiger partial charge < -0.3 is 9.32 Å². The van der Waals surface area contributed by atoms with Gasteiger partial charge in [0.25, 0.3) is 5.56 Å². The largest absolute Gasteiger partial charge is 0.444 e. The number of fused-ring (bicyclic) bond motifs is 1. The van der Waals surface area contributed by atoms with E-state index in [-0.39, 0.29) is 16.1 Å². The molecule has 5 aromatic rings. The van der Waals surface area contributed by atoms with E-state index in [1.165, 1.54) is 18.7 Å². The molecule has 0 spiro atoms. The molecule has 0 unspecified atom stereocenters. The summed E-state index contributed by atoms with van der Waals surface area (Å²) >= 11 is 6.48. The summed E-state index contributed by atoms with van der Waals surface area (Å²) in [5.74, 6) is 0.516. The quantitative estimate of drug-likeness (QED) is 0.309. The normalized spacial score (nSPS) is 13.9. The van der Waals surface area contributed by atoms with Crippen LogP contribution in [0.4, 0.5) is 5.69 Å². The predicted octanol–water partition coefficient (Wildman–Crippen LogP) is 4.76. The monoisotopic (exact) mass is 547 g/mol. The zero-order valence-electron chi connectivity index (χ0n) is 20.3. The summed E-state index contributed by atoms with van der Waals surface area (Å²) in [5.41, 5.74) is 2.34. The van der Waals surface area contributed by atoms with Crippen molar-refractivity contribution in [3.63, 3.8) is 0 Å². The van der Waals surface area contributed by atoms with Crippen molar-refractivity contribution in [2.24, 2.45) is 0 Å². The van der Waals surface area contributed by atoms with Crippen LogP contribution in [0.5, 0.6) is 0 Å².